The fourth-order valence-electron chi connectivity index (χ4n) is 3.30. The van der Waals surface area contributed by atoms with Gasteiger partial charge in [0.05, 0.1) is 13.6 Å². The van der Waals surface area contributed by atoms with Crippen LogP contribution in [0.5, 0.6) is 0 Å². The van der Waals surface area contributed by atoms with E-state index in [0.717, 1.165) is 0 Å². The van der Waals surface area contributed by atoms with E-state index in [0.29, 0.717) is 0 Å². The molecule has 0 unspecified atom stereocenters. The molecule has 0 amide bonds. The Kier molecular flexibility index (Phi) is 13.0. The molecule has 0 fully saturated rings. The van der Waals surface area contributed by atoms with Gasteiger partial charge in [-0.15, -0.1) is 0 Å². The van der Waals surface area contributed by atoms with Gasteiger partial charge in [0.1, 0.15) is 12.4 Å². The molecule has 0 spiro atoms. The fraction of sp³-hybridized carbons (Fsp3) is 0.857. The van der Waals surface area contributed by atoms with Crippen LogP contribution < -0.4 is 4.57 Å². The lowest BCUT2D eigenvalue weighted by atomic mass is 10.0. The highest BCUT2D eigenvalue weighted by Crippen LogP contribution is 2.13. The number of rotatable bonds is 16. The van der Waals surface area contributed by atoms with Crippen molar-refractivity contribution in [3.05, 3.63) is 18.7 Å². The van der Waals surface area contributed by atoms with Gasteiger partial charge in [-0.25, -0.2) is 9.13 Å². The fourth-order valence-corrected chi connectivity index (χ4v) is 3.30. The summed E-state index contributed by atoms with van der Waals surface area (Å²) >= 11 is 0. The Balaban J connectivity index is 1.71. The van der Waals surface area contributed by atoms with Gasteiger partial charge in [-0.3, -0.25) is 0 Å². The normalized spacial score (nSPS) is 11.2. The molecular weight excluding hydrogens is 280 g/mol. The van der Waals surface area contributed by atoms with Crippen LogP contribution in [0.4, 0.5) is 0 Å². The van der Waals surface area contributed by atoms with Crippen LogP contribution in [0.1, 0.15) is 103 Å². The average Bonchev–Trinajstić information content (AvgIpc) is 2.96. The van der Waals surface area contributed by atoms with Crippen molar-refractivity contribution in [1.29, 1.82) is 0 Å². The molecular formula is C21H41N2+. The van der Waals surface area contributed by atoms with Crippen LogP contribution >= 0.6 is 0 Å². The van der Waals surface area contributed by atoms with E-state index in [2.05, 4.69) is 41.8 Å². The van der Waals surface area contributed by atoms with Gasteiger partial charge < -0.3 is 0 Å². The van der Waals surface area contributed by atoms with Crippen LogP contribution in [0.2, 0.25) is 0 Å². The molecule has 0 aromatic carbocycles. The predicted octanol–water partition coefficient (Wildman–Crippen LogP) is 6.18. The highest BCUT2D eigenvalue weighted by molar-refractivity contribution is 4.65. The van der Waals surface area contributed by atoms with Crippen LogP contribution in [-0.4, -0.2) is 4.57 Å². The maximum Gasteiger partial charge on any atom is 0.243 e. The monoisotopic (exact) mass is 321 g/mol. The predicted molar refractivity (Wildman–Crippen MR) is 101 cm³/mol. The average molecular weight is 322 g/mol. The number of unbranched alkanes of at least 4 members (excludes halogenated alkanes) is 14. The molecule has 23 heavy (non-hydrogen) atoms. The lowest BCUT2D eigenvalue weighted by Gasteiger charge is -2.03. The molecule has 0 aliphatic rings. The Labute approximate surface area is 145 Å². The first kappa shape index (κ1) is 20.3. The zero-order chi connectivity index (χ0) is 16.6. The highest BCUT2D eigenvalue weighted by atomic mass is 15.1. The maximum atomic E-state index is 2.29. The molecule has 0 atom stereocenters. The van der Waals surface area contributed by atoms with Crippen LogP contribution in [0, 0.1) is 0 Å². The summed E-state index contributed by atoms with van der Waals surface area (Å²) in [6.07, 6.45) is 28.0. The number of aryl methyl sites for hydroxylation is 2. The summed E-state index contributed by atoms with van der Waals surface area (Å²) in [4.78, 5) is 0. The third kappa shape index (κ3) is 12.3. The smallest absolute Gasteiger partial charge is 0.240 e. The second-order valence-corrected chi connectivity index (χ2v) is 7.27. The Hall–Kier alpha value is -0.790. The number of aromatic nitrogens is 2. The zero-order valence-electron chi connectivity index (χ0n) is 15.9. The largest absolute Gasteiger partial charge is 0.243 e. The molecule has 1 aromatic rings. The summed E-state index contributed by atoms with van der Waals surface area (Å²) in [6.45, 7) is 3.47. The molecule has 0 aliphatic heterocycles. The van der Waals surface area contributed by atoms with Crippen molar-refractivity contribution in [2.75, 3.05) is 0 Å². The van der Waals surface area contributed by atoms with Crippen molar-refractivity contribution >= 4 is 0 Å². The van der Waals surface area contributed by atoms with Crippen LogP contribution in [-0.2, 0) is 13.6 Å². The van der Waals surface area contributed by atoms with E-state index in [-0.39, 0.29) is 0 Å². The SMILES string of the molecule is CCCCCCCCCCCCCCCCCn1cc[n+](C)c1. The van der Waals surface area contributed by atoms with Crippen LogP contribution in [0.3, 0.4) is 0 Å². The van der Waals surface area contributed by atoms with E-state index >= 15 is 0 Å². The lowest BCUT2D eigenvalue weighted by Crippen LogP contribution is -2.23. The van der Waals surface area contributed by atoms with Crippen molar-refractivity contribution in [3.63, 3.8) is 0 Å². The van der Waals surface area contributed by atoms with Gasteiger partial charge in [-0.05, 0) is 12.8 Å². The third-order valence-electron chi connectivity index (χ3n) is 4.84. The first-order valence-electron chi connectivity index (χ1n) is 10.3. The molecule has 1 heterocycles. The standard InChI is InChI=1S/C21H41N2/c1-3-4-5-6-7-8-9-10-11-12-13-14-15-16-17-18-23-20-19-22(2)21-23/h19-21H,3-18H2,1-2H3/q+1. The molecule has 0 aliphatic carbocycles. The summed E-state index contributed by atoms with van der Waals surface area (Å²) in [6, 6.07) is 0. The molecule has 2 heteroatoms. The van der Waals surface area contributed by atoms with E-state index in [1.54, 1.807) is 0 Å². The first-order chi connectivity index (χ1) is 11.3. The maximum absolute atomic E-state index is 2.29. The number of hydrogen-bond acceptors (Lipinski definition) is 0. The number of imidazole rings is 1. The van der Waals surface area contributed by atoms with Gasteiger partial charge in [0.25, 0.3) is 0 Å². The van der Waals surface area contributed by atoms with E-state index in [9.17, 15) is 0 Å². The number of hydrogen-bond donors (Lipinski definition) is 0. The van der Waals surface area contributed by atoms with Gasteiger partial charge in [0.15, 0.2) is 0 Å². The molecule has 0 radical (unpaired) electrons. The third-order valence-corrected chi connectivity index (χ3v) is 4.84. The quantitative estimate of drug-likeness (QED) is 0.254. The second-order valence-electron chi connectivity index (χ2n) is 7.27. The Morgan fingerprint density at radius 3 is 1.48 bits per heavy atom. The minimum absolute atomic E-state index is 1.18. The summed E-state index contributed by atoms with van der Waals surface area (Å²) in [5.74, 6) is 0. The van der Waals surface area contributed by atoms with Gasteiger partial charge in [0.2, 0.25) is 6.33 Å². The Morgan fingerprint density at radius 2 is 1.09 bits per heavy atom. The highest BCUT2D eigenvalue weighted by Gasteiger charge is 1.99. The van der Waals surface area contributed by atoms with Gasteiger partial charge in [-0.2, -0.15) is 0 Å². The van der Waals surface area contributed by atoms with Gasteiger partial charge in [0, 0.05) is 0 Å². The topological polar surface area (TPSA) is 8.81 Å². The second kappa shape index (κ2) is 14.8. The summed E-state index contributed by atoms with van der Waals surface area (Å²) in [5.41, 5.74) is 0. The van der Waals surface area contributed by atoms with Crippen molar-refractivity contribution in [2.45, 2.75) is 110 Å². The Bertz CT molecular complexity index is 356. The van der Waals surface area contributed by atoms with E-state index in [1.165, 1.54) is 103 Å². The van der Waals surface area contributed by atoms with Crippen molar-refractivity contribution in [1.82, 2.24) is 4.57 Å². The summed E-state index contributed by atoms with van der Waals surface area (Å²) in [5, 5.41) is 0. The Morgan fingerprint density at radius 1 is 0.652 bits per heavy atom. The van der Waals surface area contributed by atoms with Crippen LogP contribution in [0.25, 0.3) is 0 Å². The molecule has 0 saturated heterocycles. The molecule has 1 rings (SSSR count). The lowest BCUT2D eigenvalue weighted by molar-refractivity contribution is -0.671. The zero-order valence-corrected chi connectivity index (χ0v) is 15.9. The molecule has 1 aromatic heterocycles. The molecule has 0 bridgehead atoms. The molecule has 134 valence electrons. The van der Waals surface area contributed by atoms with E-state index in [4.69, 9.17) is 0 Å². The van der Waals surface area contributed by atoms with Crippen molar-refractivity contribution in [3.8, 4) is 0 Å². The van der Waals surface area contributed by atoms with Crippen molar-refractivity contribution in [2.24, 2.45) is 7.05 Å². The van der Waals surface area contributed by atoms with Crippen molar-refractivity contribution < 1.29 is 4.57 Å². The van der Waals surface area contributed by atoms with Crippen LogP contribution in [0.15, 0.2) is 18.7 Å². The molecule has 0 saturated carbocycles. The van der Waals surface area contributed by atoms with E-state index < -0.39 is 0 Å². The first-order valence-corrected chi connectivity index (χ1v) is 10.3. The summed E-state index contributed by atoms with van der Waals surface area (Å²) < 4.78 is 4.41. The van der Waals surface area contributed by atoms with Gasteiger partial charge >= 0.3 is 0 Å². The van der Waals surface area contributed by atoms with Gasteiger partial charge in [-0.1, -0.05) is 90.4 Å². The minimum Gasteiger partial charge on any atom is -0.240 e. The van der Waals surface area contributed by atoms with E-state index in [1.807, 2.05) is 0 Å². The molecule has 0 N–H and O–H groups in total. The number of nitrogens with zero attached hydrogens (tertiary/aromatic N) is 2. The summed E-state index contributed by atoms with van der Waals surface area (Å²) in [7, 11) is 2.09. The minimum atomic E-state index is 1.18. The molecule has 2 nitrogen and oxygen atoms in total.